The normalized spacial score (nSPS) is 17.8. The Labute approximate surface area is 113 Å². The van der Waals surface area contributed by atoms with Gasteiger partial charge in [-0.25, -0.2) is 0 Å². The van der Waals surface area contributed by atoms with Crippen LogP contribution in [-0.2, 0) is 0 Å². The number of rotatable bonds is 3. The van der Waals surface area contributed by atoms with Gasteiger partial charge in [0.15, 0.2) is 5.58 Å². The molecule has 0 spiro atoms. The summed E-state index contributed by atoms with van der Waals surface area (Å²) < 4.78 is 5.83. The van der Waals surface area contributed by atoms with Gasteiger partial charge in [-0.2, -0.15) is 4.98 Å². The summed E-state index contributed by atoms with van der Waals surface area (Å²) >= 11 is 0. The second kappa shape index (κ2) is 5.59. The van der Waals surface area contributed by atoms with Crippen LogP contribution in [0, 0.1) is 0 Å². The highest BCUT2D eigenvalue weighted by atomic mass is 16.4. The summed E-state index contributed by atoms with van der Waals surface area (Å²) in [5.74, 6) is 0. The molecule has 1 aromatic carbocycles. The Bertz CT molecular complexity index is 506. The van der Waals surface area contributed by atoms with Crippen molar-refractivity contribution in [2.75, 3.05) is 44.2 Å². The number of hydrogen-bond acceptors (Lipinski definition) is 5. The minimum atomic E-state index is 0.725. The number of benzene rings is 1. The molecule has 1 aliphatic heterocycles. The summed E-state index contributed by atoms with van der Waals surface area (Å²) in [4.78, 5) is 9.20. The molecule has 0 aliphatic carbocycles. The predicted octanol–water partition coefficient (Wildman–Crippen LogP) is 1.30. The van der Waals surface area contributed by atoms with Gasteiger partial charge in [-0.05, 0) is 25.1 Å². The first-order chi connectivity index (χ1) is 9.36. The molecule has 1 aromatic heterocycles. The monoisotopic (exact) mass is 260 g/mol. The lowest BCUT2D eigenvalue weighted by Crippen LogP contribution is -2.33. The van der Waals surface area contributed by atoms with Crippen molar-refractivity contribution in [1.29, 1.82) is 0 Å². The molecular weight excluding hydrogens is 240 g/mol. The van der Waals surface area contributed by atoms with Crippen LogP contribution >= 0.6 is 0 Å². The van der Waals surface area contributed by atoms with Crippen molar-refractivity contribution in [3.63, 3.8) is 0 Å². The van der Waals surface area contributed by atoms with E-state index in [0.717, 1.165) is 62.8 Å². The molecule has 1 aliphatic rings. The van der Waals surface area contributed by atoms with E-state index in [0.29, 0.717) is 0 Å². The lowest BCUT2D eigenvalue weighted by Gasteiger charge is -2.19. The van der Waals surface area contributed by atoms with E-state index >= 15 is 0 Å². The molecule has 102 valence electrons. The Morgan fingerprint density at radius 2 is 2.05 bits per heavy atom. The fourth-order valence-electron chi connectivity index (χ4n) is 2.56. The fraction of sp³-hybridized carbons (Fsp3) is 0.500. The molecule has 0 radical (unpaired) electrons. The minimum Gasteiger partial charge on any atom is -0.423 e. The molecular formula is C14H20N4O. The summed E-state index contributed by atoms with van der Waals surface area (Å²) in [6, 6.07) is 8.66. The van der Waals surface area contributed by atoms with E-state index < -0.39 is 0 Å². The second-order valence-electron chi connectivity index (χ2n) is 4.94. The molecule has 2 aromatic rings. The van der Waals surface area contributed by atoms with Crippen LogP contribution in [0.1, 0.15) is 6.42 Å². The quantitative estimate of drug-likeness (QED) is 0.901. The Morgan fingerprint density at radius 1 is 1.16 bits per heavy atom. The maximum atomic E-state index is 5.83. The van der Waals surface area contributed by atoms with Crippen LogP contribution in [0.15, 0.2) is 28.7 Å². The van der Waals surface area contributed by atoms with Crippen LogP contribution in [0.4, 0.5) is 6.01 Å². The van der Waals surface area contributed by atoms with E-state index in [1.165, 1.54) is 0 Å². The lowest BCUT2D eigenvalue weighted by molar-refractivity contribution is 0.301. The van der Waals surface area contributed by atoms with Gasteiger partial charge in [-0.15, -0.1) is 0 Å². The third-order valence-electron chi connectivity index (χ3n) is 3.59. The number of nitrogens with two attached hydrogens (primary N) is 1. The van der Waals surface area contributed by atoms with Crippen LogP contribution in [0.3, 0.4) is 0 Å². The number of nitrogens with zero attached hydrogens (tertiary/aromatic N) is 3. The molecule has 1 saturated heterocycles. The SMILES string of the molecule is NCCN1CCCN(c2nc3ccccc3o2)CC1. The van der Waals surface area contributed by atoms with Gasteiger partial charge >= 0.3 is 0 Å². The summed E-state index contributed by atoms with van der Waals surface area (Å²) in [5, 5.41) is 0. The van der Waals surface area contributed by atoms with Crippen molar-refractivity contribution in [3.05, 3.63) is 24.3 Å². The Hall–Kier alpha value is -1.59. The summed E-state index contributed by atoms with van der Waals surface area (Å²) in [7, 11) is 0. The maximum Gasteiger partial charge on any atom is 0.298 e. The Morgan fingerprint density at radius 3 is 2.89 bits per heavy atom. The van der Waals surface area contributed by atoms with Crippen molar-refractivity contribution in [3.8, 4) is 0 Å². The molecule has 19 heavy (non-hydrogen) atoms. The summed E-state index contributed by atoms with van der Waals surface area (Å²) in [6.07, 6.45) is 1.12. The molecule has 5 heteroatoms. The number of fused-ring (bicyclic) bond motifs is 1. The molecule has 0 unspecified atom stereocenters. The minimum absolute atomic E-state index is 0.725. The molecule has 0 atom stereocenters. The van der Waals surface area contributed by atoms with Gasteiger partial charge in [0.1, 0.15) is 5.52 Å². The smallest absolute Gasteiger partial charge is 0.298 e. The standard InChI is InChI=1S/C14H20N4O/c15-6-9-17-7-3-8-18(11-10-17)14-16-12-4-1-2-5-13(12)19-14/h1-2,4-5H,3,6-11,15H2. The third-order valence-corrected chi connectivity index (χ3v) is 3.59. The van der Waals surface area contributed by atoms with E-state index in [9.17, 15) is 0 Å². The van der Waals surface area contributed by atoms with Crippen molar-refractivity contribution < 1.29 is 4.42 Å². The van der Waals surface area contributed by atoms with Gasteiger partial charge in [-0.1, -0.05) is 12.1 Å². The second-order valence-corrected chi connectivity index (χ2v) is 4.94. The first kappa shape index (κ1) is 12.4. The van der Waals surface area contributed by atoms with Crippen LogP contribution in [-0.4, -0.2) is 49.2 Å². The number of aromatic nitrogens is 1. The highest BCUT2D eigenvalue weighted by molar-refractivity contribution is 5.74. The number of para-hydroxylation sites is 2. The molecule has 1 fully saturated rings. The Kier molecular flexibility index (Phi) is 3.66. The zero-order chi connectivity index (χ0) is 13.1. The van der Waals surface area contributed by atoms with E-state index in [2.05, 4.69) is 14.8 Å². The molecule has 0 saturated carbocycles. The maximum absolute atomic E-state index is 5.83. The van der Waals surface area contributed by atoms with Gasteiger partial charge in [0.2, 0.25) is 0 Å². The van der Waals surface area contributed by atoms with E-state index in [1.807, 2.05) is 24.3 Å². The van der Waals surface area contributed by atoms with Gasteiger partial charge in [0.05, 0.1) is 0 Å². The fourth-order valence-corrected chi connectivity index (χ4v) is 2.56. The number of oxazole rings is 1. The van der Waals surface area contributed by atoms with Crippen LogP contribution in [0.25, 0.3) is 11.1 Å². The summed E-state index contributed by atoms with van der Waals surface area (Å²) in [6.45, 7) is 5.77. The highest BCUT2D eigenvalue weighted by Crippen LogP contribution is 2.22. The zero-order valence-electron chi connectivity index (χ0n) is 11.1. The van der Waals surface area contributed by atoms with Crippen LogP contribution in [0.5, 0.6) is 0 Å². The first-order valence-corrected chi connectivity index (χ1v) is 6.90. The van der Waals surface area contributed by atoms with Gasteiger partial charge in [-0.3, -0.25) is 0 Å². The van der Waals surface area contributed by atoms with Crippen molar-refractivity contribution >= 4 is 17.1 Å². The van der Waals surface area contributed by atoms with Crippen molar-refractivity contribution in [2.24, 2.45) is 5.73 Å². The van der Waals surface area contributed by atoms with Crippen molar-refractivity contribution in [1.82, 2.24) is 9.88 Å². The van der Waals surface area contributed by atoms with E-state index in [1.54, 1.807) is 0 Å². The molecule has 3 rings (SSSR count). The van der Waals surface area contributed by atoms with Crippen LogP contribution < -0.4 is 10.6 Å². The van der Waals surface area contributed by atoms with Gasteiger partial charge in [0, 0.05) is 32.7 Å². The number of anilines is 1. The molecule has 0 amide bonds. The average molecular weight is 260 g/mol. The first-order valence-electron chi connectivity index (χ1n) is 6.90. The van der Waals surface area contributed by atoms with E-state index in [4.69, 9.17) is 10.2 Å². The average Bonchev–Trinajstić information content (AvgIpc) is 2.72. The van der Waals surface area contributed by atoms with Gasteiger partial charge in [0.25, 0.3) is 6.01 Å². The largest absolute Gasteiger partial charge is 0.423 e. The predicted molar refractivity (Wildman–Crippen MR) is 76.3 cm³/mol. The number of hydrogen-bond donors (Lipinski definition) is 1. The van der Waals surface area contributed by atoms with Gasteiger partial charge < -0.3 is 20.0 Å². The Balaban J connectivity index is 1.74. The molecule has 2 heterocycles. The topological polar surface area (TPSA) is 58.5 Å². The third kappa shape index (κ3) is 2.72. The zero-order valence-corrected chi connectivity index (χ0v) is 11.1. The van der Waals surface area contributed by atoms with Crippen molar-refractivity contribution in [2.45, 2.75) is 6.42 Å². The lowest BCUT2D eigenvalue weighted by atomic mass is 10.3. The molecule has 5 nitrogen and oxygen atoms in total. The highest BCUT2D eigenvalue weighted by Gasteiger charge is 2.18. The molecule has 0 bridgehead atoms. The van der Waals surface area contributed by atoms with E-state index in [-0.39, 0.29) is 0 Å². The van der Waals surface area contributed by atoms with Crippen LogP contribution in [0.2, 0.25) is 0 Å². The summed E-state index contributed by atoms with van der Waals surface area (Å²) in [5.41, 5.74) is 7.41. The molecule has 2 N–H and O–H groups in total.